The predicted molar refractivity (Wildman–Crippen MR) is 42.1 cm³/mol. The van der Waals surface area contributed by atoms with E-state index in [0.717, 1.165) is 5.56 Å². The van der Waals surface area contributed by atoms with Gasteiger partial charge in [0.2, 0.25) is 0 Å². The van der Waals surface area contributed by atoms with E-state index in [0.29, 0.717) is 6.54 Å². The third kappa shape index (κ3) is 2.98. The Morgan fingerprint density at radius 2 is 1.92 bits per heavy atom. The van der Waals surface area contributed by atoms with Gasteiger partial charge < -0.3 is 10.2 Å². The molecule has 0 saturated heterocycles. The van der Waals surface area contributed by atoms with Crippen molar-refractivity contribution in [3.05, 3.63) is 35.9 Å². The second kappa shape index (κ2) is 5.44. The van der Waals surface area contributed by atoms with Crippen LogP contribution in [0.2, 0.25) is 0 Å². The van der Waals surface area contributed by atoms with Gasteiger partial charge >= 0.3 is 0 Å². The van der Waals surface area contributed by atoms with E-state index in [1.54, 1.807) is 0 Å². The molecule has 70 valence electrons. The molecule has 12 heavy (non-hydrogen) atoms. The molecule has 0 saturated carbocycles. The molecule has 0 aliphatic carbocycles. The second-order valence-corrected chi connectivity index (χ2v) is 2.07. The summed E-state index contributed by atoms with van der Waals surface area (Å²) in [5.74, 6) is 0. The molecule has 4 heteroatoms. The van der Waals surface area contributed by atoms with Crippen molar-refractivity contribution in [3.8, 4) is 0 Å². The quantitative estimate of drug-likeness (QED) is 0.328. The van der Waals surface area contributed by atoms with E-state index in [9.17, 15) is 4.79 Å². The summed E-state index contributed by atoms with van der Waals surface area (Å²) in [4.78, 5) is 9.70. The van der Waals surface area contributed by atoms with Gasteiger partial charge in [0.1, 0.15) is 0 Å². The summed E-state index contributed by atoms with van der Waals surface area (Å²) in [6.07, 6.45) is 1.53. The molecule has 3 nitrogen and oxygen atoms in total. The van der Waals surface area contributed by atoms with Crippen molar-refractivity contribution in [2.75, 3.05) is 0 Å². The van der Waals surface area contributed by atoms with Gasteiger partial charge in [-0.25, -0.2) is 0 Å². The Labute approximate surface area is 65.4 Å². The fourth-order valence-electron chi connectivity index (χ4n) is 0.778. The SMILES string of the molecule is O=[C-]NNCc1ccccc1.[Fm]. The zero-order valence-electron chi connectivity index (χ0n) is 6.29. The van der Waals surface area contributed by atoms with Gasteiger partial charge in [-0.3, -0.25) is 5.43 Å². The number of amides is 1. The fourth-order valence-corrected chi connectivity index (χ4v) is 0.778. The van der Waals surface area contributed by atoms with Gasteiger partial charge in [-0.1, -0.05) is 30.3 Å². The summed E-state index contributed by atoms with van der Waals surface area (Å²) in [5.41, 5.74) is 6.04. The number of hydrogen-bond donors (Lipinski definition) is 2. The van der Waals surface area contributed by atoms with Gasteiger partial charge in [0, 0.05) is 6.54 Å². The normalized spacial score (nSPS) is 8.33. The number of carbonyl (C=O) groups excluding carboxylic acids is 1. The maximum Gasteiger partial charge on any atom is 0.0370 e. The van der Waals surface area contributed by atoms with Gasteiger partial charge in [0.05, 0.1) is 0 Å². The molecule has 2 N–H and O–H groups in total. The Hall–Kier alpha value is -2.35. The van der Waals surface area contributed by atoms with Crippen molar-refractivity contribution in [1.29, 1.82) is 0 Å². The Kier molecular flexibility index (Phi) is 4.37. The Bertz CT molecular complexity index is 216. The first-order valence-corrected chi connectivity index (χ1v) is 3.32. The molecule has 0 aromatic heterocycles. The maximum absolute atomic E-state index is 9.70. The Morgan fingerprint density at radius 3 is 2.50 bits per heavy atom. The van der Waals surface area contributed by atoms with Crippen LogP contribution in [0.25, 0.3) is 0 Å². The summed E-state index contributed by atoms with van der Waals surface area (Å²) < 4.78 is 0. The average molecular weight is 406 g/mol. The van der Waals surface area contributed by atoms with Crippen LogP contribution in [-0.2, 0) is 11.3 Å². The molecule has 0 bridgehead atoms. The van der Waals surface area contributed by atoms with Crippen LogP contribution in [0, 0.1) is 0 Å². The zero-order chi connectivity index (χ0) is 7.94. The molecule has 1 aromatic rings. The van der Waals surface area contributed by atoms with Crippen molar-refractivity contribution < 1.29 is 4.79 Å². The standard InChI is InChI=1S/C8H9N2O.Fm/c11-7-10-9-6-8-4-2-1-3-5-8;/h1-5,9H,6H2,(H,10,11);/q-1;. The van der Waals surface area contributed by atoms with Crippen LogP contribution in [0.15, 0.2) is 30.3 Å². The van der Waals surface area contributed by atoms with E-state index < -0.39 is 0 Å². The first kappa shape index (κ1) is 9.65. The number of rotatable bonds is 4. The topological polar surface area (TPSA) is 41.1 Å². The second-order valence-electron chi connectivity index (χ2n) is 2.07. The molecule has 1 rings (SSSR count). The zero-order valence-corrected chi connectivity index (χ0v) is 8.69. The van der Waals surface area contributed by atoms with Crippen LogP contribution >= 0.6 is 0 Å². The Morgan fingerprint density at radius 1 is 1.25 bits per heavy atom. The van der Waals surface area contributed by atoms with Gasteiger partial charge in [0.25, 0.3) is 0 Å². The summed E-state index contributed by atoms with van der Waals surface area (Å²) in [6.45, 7) is 0.621. The molecule has 0 heterocycles. The van der Waals surface area contributed by atoms with Gasteiger partial charge in [-0.2, -0.15) is 6.41 Å². The number of hydrogen-bond acceptors (Lipinski definition) is 2. The van der Waals surface area contributed by atoms with Crippen LogP contribution in [0.5, 0.6) is 0 Å². The third-order valence-electron chi connectivity index (χ3n) is 1.27. The molecule has 1 amide bonds. The van der Waals surface area contributed by atoms with Crippen molar-refractivity contribution in [2.24, 2.45) is 0 Å². The van der Waals surface area contributed by atoms with Gasteiger partial charge in [-0.05, 0) is 5.56 Å². The van der Waals surface area contributed by atoms with Crippen LogP contribution < -0.4 is 10.9 Å². The van der Waals surface area contributed by atoms with Gasteiger partial charge in [0.15, 0.2) is 0 Å². The molecule has 0 spiro atoms. The molecule has 0 aliphatic heterocycles. The molecule has 0 unspecified atom stereocenters. The van der Waals surface area contributed by atoms with E-state index in [4.69, 9.17) is 0 Å². The summed E-state index contributed by atoms with van der Waals surface area (Å²) >= 11 is 0. The van der Waals surface area contributed by atoms with Crippen molar-refractivity contribution in [2.45, 2.75) is 6.54 Å². The minimum Gasteiger partial charge on any atom is -0.519 e. The van der Waals surface area contributed by atoms with Gasteiger partial charge in [-0.15, -0.1) is 0 Å². The van der Waals surface area contributed by atoms with Crippen LogP contribution in [0.4, 0.5) is 0 Å². The van der Waals surface area contributed by atoms with E-state index in [-0.39, 0.29) is 0 Å². The first-order chi connectivity index (χ1) is 5.43. The molecule has 1 aromatic carbocycles. The molecule has 0 radical (unpaired) electrons. The number of benzene rings is 1. The van der Waals surface area contributed by atoms with E-state index in [1.165, 1.54) is 6.41 Å². The fraction of sp³-hybridized carbons (Fsp3) is 0.125. The summed E-state index contributed by atoms with van der Waals surface area (Å²) in [7, 11) is 0. The monoisotopic (exact) mass is 406 g/mol. The van der Waals surface area contributed by atoms with Crippen molar-refractivity contribution in [3.63, 3.8) is 0 Å². The molecular weight excluding hydrogens is 397 g/mol. The van der Waals surface area contributed by atoms with Crippen LogP contribution in [0.3, 0.4) is 0 Å². The van der Waals surface area contributed by atoms with Crippen molar-refractivity contribution in [1.82, 2.24) is 10.9 Å². The summed E-state index contributed by atoms with van der Waals surface area (Å²) in [5, 5.41) is 0. The minimum absolute atomic E-state index is 0. The van der Waals surface area contributed by atoms with Crippen LogP contribution in [0.1, 0.15) is 5.56 Å². The molecule has 0 fully saturated rings. The van der Waals surface area contributed by atoms with Crippen molar-refractivity contribution >= 4 is 6.41 Å². The Balaban J connectivity index is 0.00000121. The smallest absolute Gasteiger partial charge is 0.0370 e. The first-order valence-electron chi connectivity index (χ1n) is 3.32. The third-order valence-corrected chi connectivity index (χ3v) is 1.27. The molecule has 0 aliphatic rings. The van der Waals surface area contributed by atoms with E-state index in [2.05, 4.69) is 10.9 Å². The van der Waals surface area contributed by atoms with E-state index >= 15 is 0 Å². The molecule has 0 atom stereocenters. The maximum atomic E-state index is 9.70. The number of hydrazine groups is 1. The largest absolute Gasteiger partial charge is 0.519 e. The average Bonchev–Trinajstić information content (AvgIpc) is 2.07. The minimum atomic E-state index is 0. The predicted octanol–water partition coefficient (Wildman–Crippen LogP) is 0.348. The molecular formula is C8H9FmN2O-. The van der Waals surface area contributed by atoms with Crippen LogP contribution in [-0.4, -0.2) is 6.41 Å². The van der Waals surface area contributed by atoms with E-state index in [1.807, 2.05) is 30.3 Å². The number of nitrogens with one attached hydrogen (secondary N) is 2. The summed E-state index contributed by atoms with van der Waals surface area (Å²) in [6, 6.07) is 9.78.